The van der Waals surface area contributed by atoms with Crippen LogP contribution < -0.4 is 10.6 Å². The molecule has 4 aromatic rings. The second-order valence-corrected chi connectivity index (χ2v) is 8.73. The number of fused-ring (bicyclic) bond motifs is 1. The Labute approximate surface area is 198 Å². The van der Waals surface area contributed by atoms with Crippen molar-refractivity contribution in [2.45, 2.75) is 44.6 Å². The van der Waals surface area contributed by atoms with Crippen molar-refractivity contribution in [2.24, 2.45) is 0 Å². The maximum Gasteiger partial charge on any atom is 0.256 e. The van der Waals surface area contributed by atoms with E-state index in [-0.39, 0.29) is 17.9 Å². The molecule has 2 heterocycles. The number of carbonyl (C=O) groups is 2. The van der Waals surface area contributed by atoms with E-state index in [2.05, 4.69) is 25.6 Å². The topological polar surface area (TPSA) is 99.8 Å². The van der Waals surface area contributed by atoms with Crippen molar-refractivity contribution in [3.8, 4) is 11.4 Å². The molecule has 5 rings (SSSR count). The minimum absolute atomic E-state index is 0.0217. The van der Waals surface area contributed by atoms with Crippen LogP contribution in [0.2, 0.25) is 0 Å². The summed E-state index contributed by atoms with van der Waals surface area (Å²) in [6, 6.07) is 18.4. The molecule has 0 radical (unpaired) electrons. The van der Waals surface area contributed by atoms with E-state index in [4.69, 9.17) is 0 Å². The first-order valence-electron chi connectivity index (χ1n) is 11.8. The molecule has 2 aromatic carbocycles. The van der Waals surface area contributed by atoms with Crippen LogP contribution in [0.5, 0.6) is 0 Å². The van der Waals surface area contributed by atoms with Gasteiger partial charge >= 0.3 is 0 Å². The fourth-order valence-electron chi connectivity index (χ4n) is 4.38. The minimum atomic E-state index is -0.235. The second kappa shape index (κ2) is 9.87. The smallest absolute Gasteiger partial charge is 0.256 e. The lowest BCUT2D eigenvalue weighted by Crippen LogP contribution is -2.34. The van der Waals surface area contributed by atoms with Gasteiger partial charge in [0.05, 0.1) is 11.0 Å². The number of hydrogen-bond acceptors (Lipinski definition) is 4. The minimum Gasteiger partial charge on any atom is -0.349 e. The van der Waals surface area contributed by atoms with Crippen LogP contribution in [0.4, 0.5) is 5.82 Å². The standard InChI is InChI=1S/C27H27N5O2/c33-26(29-21-7-3-1-2-4-8-21)19-12-10-18(11-13-19)25-30-22-15-14-20(17-23(22)31-25)27(34)32-24-9-5-6-16-28-24/h5-6,9-17,21H,1-4,7-8H2,(H,29,33)(H,30,31)(H,28,32,34). The van der Waals surface area contributed by atoms with Gasteiger partial charge in [0.1, 0.15) is 11.6 Å². The zero-order valence-electron chi connectivity index (χ0n) is 18.9. The number of nitrogens with one attached hydrogen (secondary N) is 3. The molecule has 0 bridgehead atoms. The molecule has 172 valence electrons. The van der Waals surface area contributed by atoms with E-state index in [1.165, 1.54) is 25.7 Å². The third-order valence-corrected chi connectivity index (χ3v) is 6.26. The zero-order valence-corrected chi connectivity index (χ0v) is 18.9. The fraction of sp³-hybridized carbons (Fsp3) is 0.259. The van der Waals surface area contributed by atoms with Crippen LogP contribution in [0.1, 0.15) is 59.2 Å². The van der Waals surface area contributed by atoms with Crippen LogP contribution in [0.15, 0.2) is 66.9 Å². The number of rotatable bonds is 5. The van der Waals surface area contributed by atoms with Gasteiger partial charge in [-0.05, 0) is 55.3 Å². The number of anilines is 1. The number of H-pyrrole nitrogens is 1. The van der Waals surface area contributed by atoms with Gasteiger partial charge in [-0.25, -0.2) is 9.97 Å². The number of nitrogens with zero attached hydrogens (tertiary/aromatic N) is 2. The summed E-state index contributed by atoms with van der Waals surface area (Å²) in [5, 5.41) is 5.97. The molecule has 0 atom stereocenters. The van der Waals surface area contributed by atoms with Crippen LogP contribution >= 0.6 is 0 Å². The largest absolute Gasteiger partial charge is 0.349 e. The number of aromatic nitrogens is 3. The number of hydrogen-bond donors (Lipinski definition) is 3. The SMILES string of the molecule is O=C(Nc1ccccn1)c1ccc2nc(-c3ccc(C(=O)NC4CCCCCC4)cc3)[nH]c2c1. The van der Waals surface area contributed by atoms with Crippen LogP contribution in [-0.4, -0.2) is 32.8 Å². The van der Waals surface area contributed by atoms with Gasteiger partial charge in [-0.1, -0.05) is 43.9 Å². The average Bonchev–Trinajstić information content (AvgIpc) is 3.13. The fourth-order valence-corrected chi connectivity index (χ4v) is 4.38. The van der Waals surface area contributed by atoms with Crippen molar-refractivity contribution in [3.63, 3.8) is 0 Å². The monoisotopic (exact) mass is 453 g/mol. The highest BCUT2D eigenvalue weighted by atomic mass is 16.2. The molecule has 0 spiro atoms. The zero-order chi connectivity index (χ0) is 23.3. The summed E-state index contributed by atoms with van der Waals surface area (Å²) < 4.78 is 0. The summed E-state index contributed by atoms with van der Waals surface area (Å²) in [7, 11) is 0. The van der Waals surface area contributed by atoms with Crippen molar-refractivity contribution >= 4 is 28.7 Å². The number of pyridine rings is 1. The first-order valence-corrected chi connectivity index (χ1v) is 11.8. The van der Waals surface area contributed by atoms with Crippen LogP contribution in [-0.2, 0) is 0 Å². The number of aromatic amines is 1. The molecule has 1 aliphatic rings. The molecule has 1 aliphatic carbocycles. The van der Waals surface area contributed by atoms with Gasteiger partial charge in [0.25, 0.3) is 11.8 Å². The summed E-state index contributed by atoms with van der Waals surface area (Å²) in [4.78, 5) is 37.3. The highest BCUT2D eigenvalue weighted by molar-refractivity contribution is 6.05. The molecule has 7 heteroatoms. The molecule has 1 saturated carbocycles. The van der Waals surface area contributed by atoms with E-state index in [9.17, 15) is 9.59 Å². The lowest BCUT2D eigenvalue weighted by atomic mass is 10.1. The summed E-state index contributed by atoms with van der Waals surface area (Å²) in [5.41, 5.74) is 3.57. The van der Waals surface area contributed by atoms with Crippen molar-refractivity contribution < 1.29 is 9.59 Å². The molecule has 2 aromatic heterocycles. The van der Waals surface area contributed by atoms with Gasteiger partial charge in [-0.15, -0.1) is 0 Å². The maximum absolute atomic E-state index is 12.7. The van der Waals surface area contributed by atoms with Gasteiger partial charge in [0.15, 0.2) is 0 Å². The number of benzene rings is 2. The molecule has 0 unspecified atom stereocenters. The van der Waals surface area contributed by atoms with Crippen molar-refractivity contribution in [1.82, 2.24) is 20.3 Å². The van der Waals surface area contributed by atoms with E-state index in [0.29, 0.717) is 22.8 Å². The Morgan fingerprint density at radius 2 is 1.62 bits per heavy atom. The van der Waals surface area contributed by atoms with Crippen molar-refractivity contribution in [3.05, 3.63) is 78.0 Å². The first-order chi connectivity index (χ1) is 16.7. The predicted molar refractivity (Wildman–Crippen MR) is 133 cm³/mol. The van der Waals surface area contributed by atoms with Gasteiger partial charge in [-0.2, -0.15) is 0 Å². The Morgan fingerprint density at radius 1 is 0.853 bits per heavy atom. The van der Waals surface area contributed by atoms with Gasteiger partial charge < -0.3 is 15.6 Å². The van der Waals surface area contributed by atoms with E-state index >= 15 is 0 Å². The highest BCUT2D eigenvalue weighted by Gasteiger charge is 2.16. The summed E-state index contributed by atoms with van der Waals surface area (Å²) >= 11 is 0. The lowest BCUT2D eigenvalue weighted by Gasteiger charge is -2.16. The molecule has 1 fully saturated rings. The molecular weight excluding hydrogens is 426 g/mol. The molecule has 0 aliphatic heterocycles. The van der Waals surface area contributed by atoms with Gasteiger partial charge in [0.2, 0.25) is 0 Å². The molecular formula is C27H27N5O2. The Balaban J connectivity index is 1.29. The van der Waals surface area contributed by atoms with E-state index in [0.717, 1.165) is 29.4 Å². The Hall–Kier alpha value is -4.00. The van der Waals surface area contributed by atoms with Gasteiger partial charge in [-0.3, -0.25) is 9.59 Å². The van der Waals surface area contributed by atoms with E-state index in [1.807, 2.05) is 36.4 Å². The average molecular weight is 454 g/mol. The van der Waals surface area contributed by atoms with Crippen molar-refractivity contribution in [1.29, 1.82) is 0 Å². The second-order valence-electron chi connectivity index (χ2n) is 8.73. The summed E-state index contributed by atoms with van der Waals surface area (Å²) in [6.45, 7) is 0. The van der Waals surface area contributed by atoms with E-state index < -0.39 is 0 Å². The molecule has 7 nitrogen and oxygen atoms in total. The van der Waals surface area contributed by atoms with Crippen molar-refractivity contribution in [2.75, 3.05) is 5.32 Å². The normalized spacial score (nSPS) is 14.5. The molecule has 3 N–H and O–H groups in total. The summed E-state index contributed by atoms with van der Waals surface area (Å²) in [5.74, 6) is 0.932. The molecule has 2 amide bonds. The molecule has 0 saturated heterocycles. The Bertz CT molecular complexity index is 1290. The number of amides is 2. The highest BCUT2D eigenvalue weighted by Crippen LogP contribution is 2.23. The third kappa shape index (κ3) is 4.98. The predicted octanol–water partition coefficient (Wildman–Crippen LogP) is 5.33. The summed E-state index contributed by atoms with van der Waals surface area (Å²) in [6.07, 6.45) is 8.64. The van der Waals surface area contributed by atoms with Crippen LogP contribution in [0.25, 0.3) is 22.4 Å². The number of imidazole rings is 1. The Kier molecular flexibility index (Phi) is 6.33. The quantitative estimate of drug-likeness (QED) is 0.356. The Morgan fingerprint density at radius 3 is 2.35 bits per heavy atom. The molecule has 34 heavy (non-hydrogen) atoms. The van der Waals surface area contributed by atoms with Crippen LogP contribution in [0, 0.1) is 0 Å². The first kappa shape index (κ1) is 21.8. The number of carbonyl (C=O) groups excluding carboxylic acids is 2. The lowest BCUT2D eigenvalue weighted by molar-refractivity contribution is 0.0932. The maximum atomic E-state index is 12.7. The van der Waals surface area contributed by atoms with E-state index in [1.54, 1.807) is 30.5 Å². The third-order valence-electron chi connectivity index (χ3n) is 6.26. The van der Waals surface area contributed by atoms with Gasteiger partial charge in [0, 0.05) is 28.9 Å². The van der Waals surface area contributed by atoms with Crippen LogP contribution in [0.3, 0.4) is 0 Å².